The van der Waals surface area contributed by atoms with Crippen LogP contribution in [0.15, 0.2) is 42.5 Å². The van der Waals surface area contributed by atoms with Crippen molar-refractivity contribution in [3.05, 3.63) is 64.4 Å². The minimum absolute atomic E-state index is 0.0128. The van der Waals surface area contributed by atoms with Gasteiger partial charge in [-0.05, 0) is 17.7 Å². The third kappa shape index (κ3) is 3.96. The smallest absolute Gasteiger partial charge is 0.305 e. The predicted octanol–water partition coefficient (Wildman–Crippen LogP) is 3.49. The monoisotopic (exact) mass is 323 g/mol. The molecule has 2 aromatic rings. The van der Waals surface area contributed by atoms with Crippen LogP contribution in [0.2, 0.25) is 5.02 Å². The molecule has 116 valence electrons. The standard InChI is InChI=1S/C16H15ClFNO3/c17-12-6-7-14(20)11(16(12)18)9-19-13(8-15(21)22)10-4-2-1-3-5-10/h1-7,13,19-20H,8-9H2,(H,21,22). The number of rotatable bonds is 6. The number of hydrogen-bond donors (Lipinski definition) is 3. The first-order valence-electron chi connectivity index (χ1n) is 6.65. The fraction of sp³-hybridized carbons (Fsp3) is 0.188. The highest BCUT2D eigenvalue weighted by Crippen LogP contribution is 2.27. The van der Waals surface area contributed by atoms with Crippen molar-refractivity contribution in [2.24, 2.45) is 0 Å². The molecule has 0 saturated heterocycles. The summed E-state index contributed by atoms with van der Waals surface area (Å²) in [6, 6.07) is 11.1. The van der Waals surface area contributed by atoms with Crippen molar-refractivity contribution >= 4 is 17.6 Å². The lowest BCUT2D eigenvalue weighted by atomic mass is 10.0. The van der Waals surface area contributed by atoms with Gasteiger partial charge in [-0.2, -0.15) is 0 Å². The van der Waals surface area contributed by atoms with Gasteiger partial charge in [0, 0.05) is 18.2 Å². The van der Waals surface area contributed by atoms with Crippen LogP contribution in [-0.2, 0) is 11.3 Å². The van der Waals surface area contributed by atoms with Crippen molar-refractivity contribution in [2.75, 3.05) is 0 Å². The number of carbonyl (C=O) groups is 1. The van der Waals surface area contributed by atoms with Crippen molar-refractivity contribution < 1.29 is 19.4 Å². The number of aromatic hydroxyl groups is 1. The molecule has 0 amide bonds. The van der Waals surface area contributed by atoms with Gasteiger partial charge in [-0.1, -0.05) is 41.9 Å². The fourth-order valence-corrected chi connectivity index (χ4v) is 2.32. The average Bonchev–Trinajstić information content (AvgIpc) is 2.50. The summed E-state index contributed by atoms with van der Waals surface area (Å²) in [5.74, 6) is -1.91. The molecule has 3 N–H and O–H groups in total. The van der Waals surface area contributed by atoms with Crippen molar-refractivity contribution in [1.82, 2.24) is 5.32 Å². The van der Waals surface area contributed by atoms with E-state index in [1.807, 2.05) is 6.07 Å². The first-order valence-corrected chi connectivity index (χ1v) is 7.02. The van der Waals surface area contributed by atoms with Crippen LogP contribution in [0.4, 0.5) is 4.39 Å². The zero-order valence-electron chi connectivity index (χ0n) is 11.6. The maximum absolute atomic E-state index is 13.9. The Morgan fingerprint density at radius 2 is 1.91 bits per heavy atom. The van der Waals surface area contributed by atoms with Crippen LogP contribution < -0.4 is 5.32 Å². The molecule has 2 aromatic carbocycles. The zero-order valence-corrected chi connectivity index (χ0v) is 12.3. The van der Waals surface area contributed by atoms with Gasteiger partial charge in [0.2, 0.25) is 0 Å². The Hall–Kier alpha value is -2.11. The molecule has 22 heavy (non-hydrogen) atoms. The zero-order chi connectivity index (χ0) is 16.1. The van der Waals surface area contributed by atoms with Crippen LogP contribution in [0.5, 0.6) is 5.75 Å². The summed E-state index contributed by atoms with van der Waals surface area (Å²) < 4.78 is 13.9. The lowest BCUT2D eigenvalue weighted by molar-refractivity contribution is -0.137. The van der Waals surface area contributed by atoms with E-state index in [1.165, 1.54) is 12.1 Å². The van der Waals surface area contributed by atoms with Gasteiger partial charge >= 0.3 is 5.97 Å². The number of benzene rings is 2. The molecule has 0 bridgehead atoms. The van der Waals surface area contributed by atoms with Gasteiger partial charge in [0.25, 0.3) is 0 Å². The number of nitrogens with one attached hydrogen (secondary N) is 1. The summed E-state index contributed by atoms with van der Waals surface area (Å²) >= 11 is 5.69. The van der Waals surface area contributed by atoms with Gasteiger partial charge in [-0.25, -0.2) is 4.39 Å². The summed E-state index contributed by atoms with van der Waals surface area (Å²) in [4.78, 5) is 11.0. The lowest BCUT2D eigenvalue weighted by Crippen LogP contribution is -2.24. The van der Waals surface area contributed by atoms with E-state index in [1.54, 1.807) is 24.3 Å². The molecule has 0 heterocycles. The fourth-order valence-electron chi connectivity index (χ4n) is 2.14. The highest BCUT2D eigenvalue weighted by Gasteiger charge is 2.18. The third-order valence-electron chi connectivity index (χ3n) is 3.28. The number of hydrogen-bond acceptors (Lipinski definition) is 3. The van der Waals surface area contributed by atoms with E-state index in [4.69, 9.17) is 16.7 Å². The number of halogens is 2. The maximum atomic E-state index is 13.9. The minimum Gasteiger partial charge on any atom is -0.508 e. The summed E-state index contributed by atoms with van der Waals surface area (Å²) in [6.07, 6.45) is -0.160. The second-order valence-electron chi connectivity index (χ2n) is 4.80. The number of carboxylic acid groups (broad SMARTS) is 1. The summed E-state index contributed by atoms with van der Waals surface area (Å²) in [6.45, 7) is -0.0366. The van der Waals surface area contributed by atoms with Crippen LogP contribution >= 0.6 is 11.6 Å². The molecule has 0 aromatic heterocycles. The molecule has 6 heteroatoms. The first kappa shape index (κ1) is 16.3. The van der Waals surface area contributed by atoms with Crippen molar-refractivity contribution in [1.29, 1.82) is 0 Å². The minimum atomic E-state index is -0.975. The quantitative estimate of drug-likeness (QED) is 0.761. The molecular weight excluding hydrogens is 309 g/mol. The SMILES string of the molecule is O=C(O)CC(NCc1c(O)ccc(Cl)c1F)c1ccccc1. The largest absolute Gasteiger partial charge is 0.508 e. The molecule has 0 spiro atoms. The van der Waals surface area contributed by atoms with E-state index in [-0.39, 0.29) is 29.3 Å². The van der Waals surface area contributed by atoms with E-state index >= 15 is 0 Å². The Bertz CT molecular complexity index is 664. The Morgan fingerprint density at radius 1 is 1.23 bits per heavy atom. The Morgan fingerprint density at radius 3 is 2.55 bits per heavy atom. The maximum Gasteiger partial charge on any atom is 0.305 e. The first-order chi connectivity index (χ1) is 10.5. The number of carboxylic acids is 1. The molecular formula is C16H15ClFNO3. The average molecular weight is 324 g/mol. The van der Waals surface area contributed by atoms with Crippen LogP contribution in [0.1, 0.15) is 23.6 Å². The van der Waals surface area contributed by atoms with Gasteiger partial charge in [0.15, 0.2) is 0 Å². The van der Waals surface area contributed by atoms with Gasteiger partial charge in [-0.15, -0.1) is 0 Å². The second kappa shape index (κ2) is 7.24. The lowest BCUT2D eigenvalue weighted by Gasteiger charge is -2.18. The van der Waals surface area contributed by atoms with E-state index in [0.29, 0.717) is 0 Å². The molecule has 0 fully saturated rings. The van der Waals surface area contributed by atoms with E-state index < -0.39 is 17.8 Å². The van der Waals surface area contributed by atoms with Crippen LogP contribution in [-0.4, -0.2) is 16.2 Å². The predicted molar refractivity (Wildman–Crippen MR) is 81.4 cm³/mol. The molecule has 0 radical (unpaired) electrons. The van der Waals surface area contributed by atoms with E-state index in [9.17, 15) is 14.3 Å². The second-order valence-corrected chi connectivity index (χ2v) is 5.21. The van der Waals surface area contributed by atoms with Crippen molar-refractivity contribution in [3.63, 3.8) is 0 Å². The summed E-state index contributed by atoms with van der Waals surface area (Å²) in [5, 5.41) is 21.6. The van der Waals surface area contributed by atoms with Crippen molar-refractivity contribution in [2.45, 2.75) is 19.0 Å². The molecule has 1 atom stereocenters. The molecule has 2 rings (SSSR count). The van der Waals surface area contributed by atoms with E-state index in [0.717, 1.165) is 5.56 Å². The normalized spacial score (nSPS) is 12.1. The molecule has 0 aliphatic rings. The Kier molecular flexibility index (Phi) is 5.35. The Labute approximate surface area is 132 Å². The van der Waals surface area contributed by atoms with Crippen LogP contribution in [0.3, 0.4) is 0 Å². The van der Waals surface area contributed by atoms with E-state index in [2.05, 4.69) is 5.32 Å². The third-order valence-corrected chi connectivity index (χ3v) is 3.57. The highest BCUT2D eigenvalue weighted by molar-refractivity contribution is 6.30. The summed E-state index contributed by atoms with van der Waals surface area (Å²) in [5.41, 5.74) is 0.783. The van der Waals surface area contributed by atoms with Crippen LogP contribution in [0.25, 0.3) is 0 Å². The van der Waals surface area contributed by atoms with Gasteiger partial charge in [-0.3, -0.25) is 4.79 Å². The topological polar surface area (TPSA) is 69.6 Å². The molecule has 1 unspecified atom stereocenters. The molecule has 0 aliphatic heterocycles. The molecule has 0 aliphatic carbocycles. The molecule has 4 nitrogen and oxygen atoms in total. The number of phenolic OH excluding ortho intramolecular Hbond substituents is 1. The number of aliphatic carboxylic acids is 1. The summed E-state index contributed by atoms with van der Waals surface area (Å²) in [7, 11) is 0. The number of phenols is 1. The van der Waals surface area contributed by atoms with Crippen LogP contribution in [0, 0.1) is 5.82 Å². The molecule has 0 saturated carbocycles. The highest BCUT2D eigenvalue weighted by atomic mass is 35.5. The van der Waals surface area contributed by atoms with Crippen molar-refractivity contribution in [3.8, 4) is 5.75 Å². The van der Waals surface area contributed by atoms with Gasteiger partial charge in [0.1, 0.15) is 11.6 Å². The van der Waals surface area contributed by atoms with Gasteiger partial charge < -0.3 is 15.5 Å². The van der Waals surface area contributed by atoms with Gasteiger partial charge in [0.05, 0.1) is 11.4 Å². The Balaban J connectivity index is 2.19.